The second kappa shape index (κ2) is 10.2. The summed E-state index contributed by atoms with van der Waals surface area (Å²) in [5.41, 5.74) is 7.99. The topological polar surface area (TPSA) is 85.5 Å². The van der Waals surface area contributed by atoms with Crippen molar-refractivity contribution in [2.75, 3.05) is 13.7 Å². The van der Waals surface area contributed by atoms with Crippen molar-refractivity contribution in [3.8, 4) is 5.75 Å². The largest absolute Gasteiger partial charge is 0.497 e. The number of fused-ring (bicyclic) bond motifs is 1. The zero-order valence-corrected chi connectivity index (χ0v) is 16.9. The fraction of sp³-hybridized carbons (Fsp3) is 0.208. The van der Waals surface area contributed by atoms with Crippen molar-refractivity contribution >= 4 is 11.8 Å². The molecule has 30 heavy (non-hydrogen) atoms. The maximum Gasteiger partial charge on any atom is 0.256 e. The Hall–Kier alpha value is -3.67. The Kier molecular flexibility index (Phi) is 7.16. The Morgan fingerprint density at radius 3 is 2.37 bits per heavy atom. The van der Waals surface area contributed by atoms with Crippen LogP contribution >= 0.6 is 0 Å². The van der Waals surface area contributed by atoms with Crippen LogP contribution in [0.1, 0.15) is 33.9 Å². The van der Waals surface area contributed by atoms with E-state index in [1.54, 1.807) is 25.4 Å². The first-order valence-corrected chi connectivity index (χ1v) is 9.76. The molecule has 0 bridgehead atoms. The van der Waals surface area contributed by atoms with Gasteiger partial charge in [0.1, 0.15) is 12.3 Å². The molecule has 2 aromatic carbocycles. The Morgan fingerprint density at radius 1 is 1.10 bits per heavy atom. The number of carbonyl (C=O) groups excluding carboxylic acids is 2. The van der Waals surface area contributed by atoms with E-state index in [4.69, 9.17) is 10.5 Å². The molecule has 2 N–H and O–H groups in total. The van der Waals surface area contributed by atoms with E-state index in [0.29, 0.717) is 5.56 Å². The molecule has 3 aromatic rings. The van der Waals surface area contributed by atoms with Crippen LogP contribution in [0.4, 0.5) is 0 Å². The van der Waals surface area contributed by atoms with Gasteiger partial charge in [0.2, 0.25) is 5.91 Å². The zero-order valence-electron chi connectivity index (χ0n) is 16.9. The lowest BCUT2D eigenvalue weighted by Gasteiger charge is -2.29. The number of ether oxygens (including phenoxy) is 1. The van der Waals surface area contributed by atoms with Gasteiger partial charge in [0.05, 0.1) is 18.7 Å². The van der Waals surface area contributed by atoms with Crippen molar-refractivity contribution in [1.29, 1.82) is 0 Å². The summed E-state index contributed by atoms with van der Waals surface area (Å²) in [6, 6.07) is 21.0. The number of pyridine rings is 1. The minimum Gasteiger partial charge on any atom is -0.497 e. The quantitative estimate of drug-likeness (QED) is 0.708. The number of aryl methyl sites for hydroxylation is 1. The van der Waals surface area contributed by atoms with Crippen LogP contribution < -0.4 is 10.5 Å². The normalized spacial score (nSPS) is 14.1. The molecule has 1 aromatic heterocycles. The van der Waals surface area contributed by atoms with E-state index in [1.807, 2.05) is 54.6 Å². The van der Waals surface area contributed by atoms with Crippen LogP contribution in [-0.2, 0) is 11.2 Å². The molecule has 154 valence electrons. The predicted molar refractivity (Wildman–Crippen MR) is 115 cm³/mol. The molecule has 6 heteroatoms. The summed E-state index contributed by atoms with van der Waals surface area (Å²) in [6.45, 7) is -0.130. The second-order valence-corrected chi connectivity index (χ2v) is 6.91. The molecule has 0 aliphatic heterocycles. The van der Waals surface area contributed by atoms with Crippen LogP contribution in [0.5, 0.6) is 5.75 Å². The standard InChI is InChI=1S/C18H19N3O3.C6H6/c1-24-14-6-4-12-5-7-16(15(12)9-14)21(11-17(19)22)18(23)13-3-2-8-20-10-13;1-2-4-6-5-3-1/h2-4,6,8-10,16H,5,7,11H2,1H3,(H2,19,22);1-6H. The van der Waals surface area contributed by atoms with Crippen molar-refractivity contribution < 1.29 is 14.3 Å². The van der Waals surface area contributed by atoms with Gasteiger partial charge in [-0.3, -0.25) is 14.6 Å². The monoisotopic (exact) mass is 403 g/mol. The second-order valence-electron chi connectivity index (χ2n) is 6.91. The van der Waals surface area contributed by atoms with E-state index in [-0.39, 0.29) is 18.5 Å². The highest BCUT2D eigenvalue weighted by Gasteiger charge is 2.32. The van der Waals surface area contributed by atoms with Crippen molar-refractivity contribution in [3.63, 3.8) is 0 Å². The molecule has 0 radical (unpaired) electrons. The molecule has 4 rings (SSSR count). The predicted octanol–water partition coefficient (Wildman–Crippen LogP) is 3.39. The minimum atomic E-state index is -0.538. The van der Waals surface area contributed by atoms with Crippen LogP contribution in [0, 0.1) is 0 Å². The number of aromatic nitrogens is 1. The van der Waals surface area contributed by atoms with Crippen LogP contribution in [0.3, 0.4) is 0 Å². The molecule has 0 spiro atoms. The van der Waals surface area contributed by atoms with Gasteiger partial charge in [0.25, 0.3) is 5.91 Å². The first-order valence-electron chi connectivity index (χ1n) is 9.76. The van der Waals surface area contributed by atoms with Gasteiger partial charge in [-0.15, -0.1) is 0 Å². The van der Waals surface area contributed by atoms with Crippen molar-refractivity contribution in [3.05, 3.63) is 95.8 Å². The minimum absolute atomic E-state index is 0.130. The van der Waals surface area contributed by atoms with Gasteiger partial charge in [-0.25, -0.2) is 0 Å². The molecule has 0 saturated carbocycles. The van der Waals surface area contributed by atoms with Gasteiger partial charge in [-0.05, 0) is 48.2 Å². The van der Waals surface area contributed by atoms with Crippen LogP contribution in [0.2, 0.25) is 0 Å². The first-order chi connectivity index (χ1) is 14.6. The number of carbonyl (C=O) groups is 2. The van der Waals surface area contributed by atoms with E-state index < -0.39 is 5.91 Å². The first kappa shape index (κ1) is 21.0. The van der Waals surface area contributed by atoms with Crippen molar-refractivity contribution in [1.82, 2.24) is 9.88 Å². The number of hydrogen-bond donors (Lipinski definition) is 1. The third kappa shape index (κ3) is 5.23. The van der Waals surface area contributed by atoms with E-state index in [1.165, 1.54) is 11.1 Å². The van der Waals surface area contributed by atoms with Gasteiger partial charge >= 0.3 is 0 Å². The zero-order chi connectivity index (χ0) is 21.3. The van der Waals surface area contributed by atoms with Crippen LogP contribution in [0.25, 0.3) is 0 Å². The molecule has 1 aliphatic rings. The fourth-order valence-electron chi connectivity index (χ4n) is 3.54. The molecule has 1 aliphatic carbocycles. The molecule has 2 amide bonds. The van der Waals surface area contributed by atoms with Gasteiger partial charge < -0.3 is 15.4 Å². The average molecular weight is 403 g/mol. The third-order valence-electron chi connectivity index (χ3n) is 4.94. The lowest BCUT2D eigenvalue weighted by molar-refractivity contribution is -0.119. The van der Waals surface area contributed by atoms with E-state index >= 15 is 0 Å². The average Bonchev–Trinajstić information content (AvgIpc) is 3.22. The van der Waals surface area contributed by atoms with Crippen LogP contribution in [0.15, 0.2) is 79.1 Å². The maximum atomic E-state index is 12.9. The summed E-state index contributed by atoms with van der Waals surface area (Å²) >= 11 is 0. The Morgan fingerprint density at radius 2 is 1.80 bits per heavy atom. The highest BCUT2D eigenvalue weighted by molar-refractivity contribution is 5.96. The molecule has 0 fully saturated rings. The van der Waals surface area contributed by atoms with E-state index in [0.717, 1.165) is 29.7 Å². The number of nitrogens with zero attached hydrogens (tertiary/aromatic N) is 2. The Labute approximate surface area is 176 Å². The molecule has 1 atom stereocenters. The summed E-state index contributed by atoms with van der Waals surface area (Å²) in [7, 11) is 1.60. The van der Waals surface area contributed by atoms with Gasteiger partial charge in [0, 0.05) is 12.4 Å². The van der Waals surface area contributed by atoms with E-state index in [9.17, 15) is 9.59 Å². The number of nitrogens with two attached hydrogens (primary N) is 1. The highest BCUT2D eigenvalue weighted by atomic mass is 16.5. The summed E-state index contributed by atoms with van der Waals surface area (Å²) in [5, 5.41) is 0. The SMILES string of the molecule is COc1ccc2c(c1)C(N(CC(N)=O)C(=O)c1cccnc1)CC2.c1ccccc1. The van der Waals surface area contributed by atoms with Crippen molar-refractivity contribution in [2.45, 2.75) is 18.9 Å². The number of rotatable bonds is 5. The molecule has 6 nitrogen and oxygen atoms in total. The molecule has 0 saturated heterocycles. The van der Waals surface area contributed by atoms with E-state index in [2.05, 4.69) is 4.98 Å². The summed E-state index contributed by atoms with van der Waals surface area (Å²) in [6.07, 6.45) is 4.70. The molecular weight excluding hydrogens is 378 g/mol. The van der Waals surface area contributed by atoms with Crippen molar-refractivity contribution in [2.24, 2.45) is 5.73 Å². The third-order valence-corrected chi connectivity index (χ3v) is 4.94. The highest BCUT2D eigenvalue weighted by Crippen LogP contribution is 2.38. The number of primary amides is 1. The smallest absolute Gasteiger partial charge is 0.256 e. The van der Waals surface area contributed by atoms with Gasteiger partial charge in [-0.1, -0.05) is 42.5 Å². The van der Waals surface area contributed by atoms with Crippen LogP contribution in [-0.4, -0.2) is 35.4 Å². The lowest BCUT2D eigenvalue weighted by Crippen LogP contribution is -2.40. The maximum absolute atomic E-state index is 12.9. The lowest BCUT2D eigenvalue weighted by atomic mass is 10.1. The molecule has 1 unspecified atom stereocenters. The number of amides is 2. The summed E-state index contributed by atoms with van der Waals surface area (Å²) in [4.78, 5) is 29.9. The molecule has 1 heterocycles. The number of benzene rings is 2. The summed E-state index contributed by atoms with van der Waals surface area (Å²) in [5.74, 6) is -0.0559. The number of hydrogen-bond acceptors (Lipinski definition) is 4. The fourth-order valence-corrected chi connectivity index (χ4v) is 3.54. The Bertz CT molecular complexity index is 951. The molecular formula is C24H25N3O3. The summed E-state index contributed by atoms with van der Waals surface area (Å²) < 4.78 is 5.29. The van der Waals surface area contributed by atoms with Gasteiger partial charge in [-0.2, -0.15) is 0 Å². The Balaban J connectivity index is 0.000000367. The van der Waals surface area contributed by atoms with Gasteiger partial charge in [0.15, 0.2) is 0 Å². The number of methoxy groups -OCH3 is 1.